The van der Waals surface area contributed by atoms with Crippen molar-refractivity contribution in [3.05, 3.63) is 29.0 Å². The summed E-state index contributed by atoms with van der Waals surface area (Å²) in [4.78, 5) is 18.4. The topological polar surface area (TPSA) is 50.1 Å². The minimum atomic E-state index is 0.439. The molecule has 124 valence electrons. The summed E-state index contributed by atoms with van der Waals surface area (Å²) < 4.78 is 2.26. The molecule has 3 heterocycles. The van der Waals surface area contributed by atoms with Crippen LogP contribution in [0.2, 0.25) is 0 Å². The second-order valence-corrected chi connectivity index (χ2v) is 6.81. The number of fused-ring (bicyclic) bond motifs is 1. The zero-order valence-corrected chi connectivity index (χ0v) is 15.0. The number of imidazole rings is 1. The molecule has 0 atom stereocenters. The molecule has 0 unspecified atom stereocenters. The highest BCUT2D eigenvalue weighted by atomic mass is 15.3. The van der Waals surface area contributed by atoms with Crippen molar-refractivity contribution in [3.8, 4) is 0 Å². The van der Waals surface area contributed by atoms with E-state index in [0.29, 0.717) is 5.92 Å². The van der Waals surface area contributed by atoms with E-state index in [-0.39, 0.29) is 0 Å². The molecule has 0 radical (unpaired) electrons. The van der Waals surface area contributed by atoms with Crippen LogP contribution in [-0.4, -0.2) is 40.2 Å². The maximum absolute atomic E-state index is 4.86. The first-order valence-corrected chi connectivity index (χ1v) is 8.19. The average molecular weight is 314 g/mol. The zero-order chi connectivity index (χ0) is 16.7. The third-order valence-electron chi connectivity index (χ3n) is 4.38. The molecule has 23 heavy (non-hydrogen) atoms. The van der Waals surface area contributed by atoms with Gasteiger partial charge in [-0.05, 0) is 6.92 Å². The molecule has 2 aromatic rings. The number of anilines is 2. The summed E-state index contributed by atoms with van der Waals surface area (Å²) in [6, 6.07) is 2.01. The van der Waals surface area contributed by atoms with Crippen LogP contribution in [0.15, 0.2) is 6.07 Å². The fraction of sp³-hybridized carbons (Fsp3) is 0.588. The first-order chi connectivity index (χ1) is 10.9. The van der Waals surface area contributed by atoms with Crippen molar-refractivity contribution in [1.82, 2.24) is 19.5 Å². The summed E-state index contributed by atoms with van der Waals surface area (Å²) in [5.74, 6) is 3.35. The molecular formula is C17H26N6. The zero-order valence-electron chi connectivity index (χ0n) is 15.0. The lowest BCUT2D eigenvalue weighted by Gasteiger charge is -2.27. The molecule has 2 aromatic heterocycles. The Bertz CT molecular complexity index is 716. The number of nitrogens with zero attached hydrogens (tertiary/aromatic N) is 6. The molecular weight excluding hydrogens is 288 g/mol. The van der Waals surface area contributed by atoms with Gasteiger partial charge in [-0.1, -0.05) is 13.8 Å². The minimum Gasteiger partial charge on any atom is -0.363 e. The van der Waals surface area contributed by atoms with Gasteiger partial charge in [-0.3, -0.25) is 0 Å². The predicted octanol–water partition coefficient (Wildman–Crippen LogP) is 2.27. The van der Waals surface area contributed by atoms with E-state index in [9.17, 15) is 0 Å². The number of hydrogen-bond acceptors (Lipinski definition) is 5. The van der Waals surface area contributed by atoms with Crippen molar-refractivity contribution in [2.75, 3.05) is 30.4 Å². The van der Waals surface area contributed by atoms with E-state index >= 15 is 0 Å². The summed E-state index contributed by atoms with van der Waals surface area (Å²) in [5, 5.41) is 0. The maximum atomic E-state index is 4.86. The Labute approximate surface area is 138 Å². The highest BCUT2D eigenvalue weighted by molar-refractivity contribution is 5.46. The monoisotopic (exact) mass is 314 g/mol. The molecule has 1 aliphatic heterocycles. The fourth-order valence-electron chi connectivity index (χ4n) is 3.14. The predicted molar refractivity (Wildman–Crippen MR) is 93.1 cm³/mol. The Hall–Kier alpha value is -2.11. The van der Waals surface area contributed by atoms with Gasteiger partial charge in [0.2, 0.25) is 5.95 Å². The Balaban J connectivity index is 1.92. The number of aromatic nitrogens is 4. The van der Waals surface area contributed by atoms with Crippen molar-refractivity contribution < 1.29 is 0 Å². The third kappa shape index (κ3) is 2.90. The molecule has 0 aromatic carbocycles. The van der Waals surface area contributed by atoms with E-state index in [1.165, 1.54) is 11.4 Å². The molecule has 0 amide bonds. The summed E-state index contributed by atoms with van der Waals surface area (Å²) in [7, 11) is 6.14. The number of aryl methyl sites for hydroxylation is 1. The number of hydrogen-bond donors (Lipinski definition) is 0. The maximum Gasteiger partial charge on any atom is 0.227 e. The van der Waals surface area contributed by atoms with Gasteiger partial charge < -0.3 is 14.4 Å². The van der Waals surface area contributed by atoms with Crippen LogP contribution in [-0.2, 0) is 20.0 Å². The smallest absolute Gasteiger partial charge is 0.227 e. The van der Waals surface area contributed by atoms with Crippen LogP contribution in [0.5, 0.6) is 0 Å². The van der Waals surface area contributed by atoms with Crippen LogP contribution in [0.1, 0.15) is 42.7 Å². The third-order valence-corrected chi connectivity index (χ3v) is 4.38. The van der Waals surface area contributed by atoms with Gasteiger partial charge in [-0.25, -0.2) is 9.97 Å². The molecule has 0 saturated carbocycles. The van der Waals surface area contributed by atoms with Gasteiger partial charge in [0.1, 0.15) is 11.6 Å². The van der Waals surface area contributed by atoms with Crippen LogP contribution in [0.25, 0.3) is 0 Å². The Kier molecular flexibility index (Phi) is 4.00. The minimum absolute atomic E-state index is 0.439. The average Bonchev–Trinajstić information content (AvgIpc) is 2.83. The van der Waals surface area contributed by atoms with Crippen LogP contribution in [0.3, 0.4) is 0 Å². The van der Waals surface area contributed by atoms with Gasteiger partial charge >= 0.3 is 0 Å². The molecule has 0 N–H and O–H groups in total. The second-order valence-electron chi connectivity index (χ2n) is 6.81. The van der Waals surface area contributed by atoms with Gasteiger partial charge in [0.25, 0.3) is 0 Å². The largest absolute Gasteiger partial charge is 0.363 e. The van der Waals surface area contributed by atoms with E-state index in [0.717, 1.165) is 42.8 Å². The van der Waals surface area contributed by atoms with Gasteiger partial charge in [-0.2, -0.15) is 4.98 Å². The second kappa shape index (κ2) is 5.83. The molecule has 0 spiro atoms. The fourth-order valence-corrected chi connectivity index (χ4v) is 3.14. The van der Waals surface area contributed by atoms with E-state index in [2.05, 4.69) is 35.3 Å². The molecule has 0 fully saturated rings. The lowest BCUT2D eigenvalue weighted by Crippen LogP contribution is -2.33. The first-order valence-electron chi connectivity index (χ1n) is 8.19. The van der Waals surface area contributed by atoms with Crippen LogP contribution in [0.4, 0.5) is 11.8 Å². The van der Waals surface area contributed by atoms with Crippen LogP contribution in [0, 0.1) is 6.92 Å². The summed E-state index contributed by atoms with van der Waals surface area (Å²) >= 11 is 0. The SMILES string of the molecule is Cc1cc(N(C)C)nc(N2CCc3c(nc(C(C)C)n3C)C2)n1. The molecule has 3 rings (SSSR count). The lowest BCUT2D eigenvalue weighted by molar-refractivity contribution is 0.652. The van der Waals surface area contributed by atoms with Gasteiger partial charge in [0.05, 0.1) is 12.2 Å². The number of rotatable bonds is 3. The summed E-state index contributed by atoms with van der Waals surface area (Å²) in [5.41, 5.74) is 3.51. The standard InChI is InChI=1S/C17H26N6/c1-11(2)16-19-13-10-23(8-7-14(13)22(16)6)17-18-12(3)9-15(20-17)21(4)5/h9,11H,7-8,10H2,1-6H3. The lowest BCUT2D eigenvalue weighted by atomic mass is 10.1. The van der Waals surface area contributed by atoms with Gasteiger partial charge in [-0.15, -0.1) is 0 Å². The molecule has 6 heteroatoms. The highest BCUT2D eigenvalue weighted by Crippen LogP contribution is 2.26. The van der Waals surface area contributed by atoms with E-state index in [1.54, 1.807) is 0 Å². The quantitative estimate of drug-likeness (QED) is 0.870. The van der Waals surface area contributed by atoms with Crippen LogP contribution < -0.4 is 9.80 Å². The van der Waals surface area contributed by atoms with Crippen LogP contribution >= 0.6 is 0 Å². The van der Waals surface area contributed by atoms with E-state index in [4.69, 9.17) is 9.97 Å². The van der Waals surface area contributed by atoms with Crippen molar-refractivity contribution in [2.24, 2.45) is 7.05 Å². The molecule has 1 aliphatic rings. The molecule has 6 nitrogen and oxygen atoms in total. The van der Waals surface area contributed by atoms with Crippen molar-refractivity contribution in [1.29, 1.82) is 0 Å². The Morgan fingerprint density at radius 2 is 1.91 bits per heavy atom. The first kappa shape index (κ1) is 15.8. The molecule has 0 saturated heterocycles. The summed E-state index contributed by atoms with van der Waals surface area (Å²) in [6.07, 6.45) is 0.986. The Morgan fingerprint density at radius 1 is 1.17 bits per heavy atom. The highest BCUT2D eigenvalue weighted by Gasteiger charge is 2.25. The van der Waals surface area contributed by atoms with Crippen molar-refractivity contribution in [3.63, 3.8) is 0 Å². The summed E-state index contributed by atoms with van der Waals surface area (Å²) in [6.45, 7) is 8.12. The van der Waals surface area contributed by atoms with Gasteiger partial charge in [0, 0.05) is 57.5 Å². The van der Waals surface area contributed by atoms with Crippen molar-refractivity contribution >= 4 is 11.8 Å². The van der Waals surface area contributed by atoms with E-state index < -0.39 is 0 Å². The van der Waals surface area contributed by atoms with E-state index in [1.807, 2.05) is 32.0 Å². The molecule has 0 bridgehead atoms. The normalized spacial score (nSPS) is 14.3. The van der Waals surface area contributed by atoms with Crippen molar-refractivity contribution in [2.45, 2.75) is 39.7 Å². The Morgan fingerprint density at radius 3 is 2.57 bits per heavy atom. The van der Waals surface area contributed by atoms with Gasteiger partial charge in [0.15, 0.2) is 0 Å². The molecule has 0 aliphatic carbocycles.